The molecule has 0 aliphatic carbocycles. The second-order valence-electron chi connectivity index (χ2n) is 8.16. The van der Waals surface area contributed by atoms with E-state index in [0.29, 0.717) is 5.69 Å². The van der Waals surface area contributed by atoms with E-state index in [0.717, 1.165) is 56.3 Å². The molecular weight excluding hydrogens is 350 g/mol. The van der Waals surface area contributed by atoms with Crippen LogP contribution in [0.2, 0.25) is 0 Å². The summed E-state index contributed by atoms with van der Waals surface area (Å²) in [5, 5.41) is 1.10. The molecule has 0 saturated carbocycles. The molecule has 2 aromatic heterocycles. The van der Waals surface area contributed by atoms with Gasteiger partial charge in [-0.25, -0.2) is 4.98 Å². The van der Waals surface area contributed by atoms with Crippen LogP contribution in [0.4, 0.5) is 0 Å². The summed E-state index contributed by atoms with van der Waals surface area (Å²) in [6.45, 7) is 7.89. The molecule has 0 unspecified atom stereocenters. The van der Waals surface area contributed by atoms with Crippen molar-refractivity contribution in [2.45, 2.75) is 38.6 Å². The summed E-state index contributed by atoms with van der Waals surface area (Å²) in [6.07, 6.45) is 4.73. The Kier molecular flexibility index (Phi) is 4.05. The molecular formula is C22H27N5O. The first-order valence-electron chi connectivity index (χ1n) is 10.3. The van der Waals surface area contributed by atoms with E-state index in [4.69, 9.17) is 4.98 Å². The number of piperidine rings is 1. The number of carbonyl (C=O) groups excluding carboxylic acids is 1. The fourth-order valence-electron chi connectivity index (χ4n) is 5.15. The highest BCUT2D eigenvalue weighted by atomic mass is 16.2. The van der Waals surface area contributed by atoms with Crippen molar-refractivity contribution >= 4 is 16.8 Å². The van der Waals surface area contributed by atoms with E-state index in [2.05, 4.69) is 40.8 Å². The number of H-pyrrole nitrogens is 2. The van der Waals surface area contributed by atoms with Crippen LogP contribution in [-0.2, 0) is 12.0 Å². The molecule has 2 aliphatic heterocycles. The molecule has 6 heteroatoms. The number of carbonyl (C=O) groups is 1. The minimum absolute atomic E-state index is 0.0311. The number of imidazole rings is 1. The number of aryl methyl sites for hydroxylation is 1. The minimum atomic E-state index is -0.0311. The predicted octanol–water partition coefficient (Wildman–Crippen LogP) is 3.21. The summed E-state index contributed by atoms with van der Waals surface area (Å²) < 4.78 is 0. The van der Waals surface area contributed by atoms with Crippen molar-refractivity contribution in [2.24, 2.45) is 0 Å². The molecule has 28 heavy (non-hydrogen) atoms. The highest BCUT2D eigenvalue weighted by molar-refractivity contribution is 5.98. The molecule has 6 nitrogen and oxygen atoms in total. The fourth-order valence-corrected chi connectivity index (χ4v) is 5.15. The number of amides is 1. The van der Waals surface area contributed by atoms with E-state index < -0.39 is 0 Å². The lowest BCUT2D eigenvalue weighted by Gasteiger charge is -2.50. The summed E-state index contributed by atoms with van der Waals surface area (Å²) in [7, 11) is 0. The predicted molar refractivity (Wildman–Crippen MR) is 109 cm³/mol. The van der Waals surface area contributed by atoms with Crippen molar-refractivity contribution in [2.75, 3.05) is 26.2 Å². The Balaban J connectivity index is 1.38. The highest BCUT2D eigenvalue weighted by Gasteiger charge is 2.46. The maximum absolute atomic E-state index is 13.1. The third-order valence-corrected chi connectivity index (χ3v) is 6.66. The number of hydrogen-bond donors (Lipinski definition) is 2. The topological polar surface area (TPSA) is 68.0 Å². The number of likely N-dealkylation sites (N-methyl/N-ethyl adjacent to an activating group) is 1. The van der Waals surface area contributed by atoms with Gasteiger partial charge < -0.3 is 14.9 Å². The van der Waals surface area contributed by atoms with Gasteiger partial charge in [0.25, 0.3) is 5.91 Å². The average molecular weight is 377 g/mol. The normalized spacial score (nSPS) is 19.3. The largest absolute Gasteiger partial charge is 0.351 e. The third kappa shape index (κ3) is 2.58. The van der Waals surface area contributed by atoms with Gasteiger partial charge in [-0.1, -0.05) is 18.6 Å². The van der Waals surface area contributed by atoms with Crippen molar-refractivity contribution in [3.05, 3.63) is 53.2 Å². The van der Waals surface area contributed by atoms with Crippen molar-refractivity contribution in [3.8, 4) is 0 Å². The van der Waals surface area contributed by atoms with E-state index in [-0.39, 0.29) is 11.4 Å². The zero-order valence-electron chi connectivity index (χ0n) is 16.6. The number of nitrogens with one attached hydrogen (secondary N) is 2. The van der Waals surface area contributed by atoms with E-state index >= 15 is 0 Å². The van der Waals surface area contributed by atoms with Crippen LogP contribution in [0.5, 0.6) is 0 Å². The van der Waals surface area contributed by atoms with Crippen LogP contribution in [0.3, 0.4) is 0 Å². The molecule has 146 valence electrons. The van der Waals surface area contributed by atoms with Gasteiger partial charge in [0.1, 0.15) is 5.69 Å². The van der Waals surface area contributed by atoms with Crippen LogP contribution in [-0.4, -0.2) is 56.8 Å². The van der Waals surface area contributed by atoms with Gasteiger partial charge in [0, 0.05) is 42.7 Å². The molecule has 2 N–H and O–H groups in total. The average Bonchev–Trinajstić information content (AvgIpc) is 3.35. The maximum Gasteiger partial charge on any atom is 0.270 e. The molecule has 1 fully saturated rings. The van der Waals surface area contributed by atoms with Crippen molar-refractivity contribution in [1.29, 1.82) is 0 Å². The SMILES string of the molecule is CCN1CCc2[nH]cnc2C12CCN(C(=O)c1cc3cc(C)ccc3[nH]1)CC2. The zero-order chi connectivity index (χ0) is 19.3. The van der Waals surface area contributed by atoms with Crippen LogP contribution in [0.1, 0.15) is 47.2 Å². The number of benzene rings is 1. The molecule has 0 atom stereocenters. The Morgan fingerprint density at radius 1 is 1.21 bits per heavy atom. The number of hydrogen-bond acceptors (Lipinski definition) is 3. The number of fused-ring (bicyclic) bond motifs is 3. The quantitative estimate of drug-likeness (QED) is 0.721. The van der Waals surface area contributed by atoms with Gasteiger partial charge in [0.05, 0.1) is 17.6 Å². The van der Waals surface area contributed by atoms with Gasteiger partial charge in [0.2, 0.25) is 0 Å². The molecule has 3 aromatic rings. The molecule has 1 spiro atoms. The molecule has 1 amide bonds. The summed E-state index contributed by atoms with van der Waals surface area (Å²) in [6, 6.07) is 8.22. The second kappa shape index (κ2) is 6.48. The number of aromatic amines is 2. The Labute approximate surface area is 164 Å². The molecule has 1 saturated heterocycles. The van der Waals surface area contributed by atoms with Gasteiger partial charge in [-0.3, -0.25) is 9.69 Å². The fraction of sp³-hybridized carbons (Fsp3) is 0.455. The molecule has 0 bridgehead atoms. The van der Waals surface area contributed by atoms with Crippen LogP contribution in [0, 0.1) is 6.92 Å². The Morgan fingerprint density at radius 2 is 2.04 bits per heavy atom. The van der Waals surface area contributed by atoms with E-state index in [9.17, 15) is 4.79 Å². The highest BCUT2D eigenvalue weighted by Crippen LogP contribution is 2.42. The van der Waals surface area contributed by atoms with E-state index in [1.54, 1.807) is 0 Å². The molecule has 5 rings (SSSR count). The first-order chi connectivity index (χ1) is 13.6. The summed E-state index contributed by atoms with van der Waals surface area (Å²) in [4.78, 5) is 29.0. The van der Waals surface area contributed by atoms with Crippen LogP contribution in [0.15, 0.2) is 30.6 Å². The maximum atomic E-state index is 13.1. The van der Waals surface area contributed by atoms with E-state index in [1.165, 1.54) is 17.0 Å². The van der Waals surface area contributed by atoms with Crippen LogP contribution in [0.25, 0.3) is 10.9 Å². The molecule has 2 aliphatic rings. The smallest absolute Gasteiger partial charge is 0.270 e. The number of rotatable bonds is 2. The Bertz CT molecular complexity index is 1020. The van der Waals surface area contributed by atoms with Crippen molar-refractivity contribution < 1.29 is 4.79 Å². The summed E-state index contributed by atoms with van der Waals surface area (Å²) in [5.41, 5.74) is 5.36. The molecule has 1 aromatic carbocycles. The lowest BCUT2D eigenvalue weighted by molar-refractivity contribution is 0.0101. The Hall–Kier alpha value is -2.60. The van der Waals surface area contributed by atoms with Crippen LogP contribution >= 0.6 is 0 Å². The second-order valence-corrected chi connectivity index (χ2v) is 8.16. The lowest BCUT2D eigenvalue weighted by Crippen LogP contribution is -2.57. The summed E-state index contributed by atoms with van der Waals surface area (Å²) in [5.74, 6) is 0.102. The lowest BCUT2D eigenvalue weighted by atomic mass is 9.78. The third-order valence-electron chi connectivity index (χ3n) is 6.66. The van der Waals surface area contributed by atoms with Crippen molar-refractivity contribution in [1.82, 2.24) is 24.8 Å². The summed E-state index contributed by atoms with van der Waals surface area (Å²) >= 11 is 0. The number of likely N-dealkylation sites (tertiary alicyclic amines) is 1. The van der Waals surface area contributed by atoms with Crippen molar-refractivity contribution in [3.63, 3.8) is 0 Å². The number of nitrogens with zero attached hydrogens (tertiary/aromatic N) is 3. The van der Waals surface area contributed by atoms with Gasteiger partial charge in [-0.05, 0) is 44.5 Å². The van der Waals surface area contributed by atoms with Crippen LogP contribution < -0.4 is 0 Å². The number of aromatic nitrogens is 3. The molecule has 4 heterocycles. The van der Waals surface area contributed by atoms with Gasteiger partial charge >= 0.3 is 0 Å². The van der Waals surface area contributed by atoms with Gasteiger partial charge in [-0.15, -0.1) is 0 Å². The van der Waals surface area contributed by atoms with E-state index in [1.807, 2.05) is 23.4 Å². The van der Waals surface area contributed by atoms with Gasteiger partial charge in [0.15, 0.2) is 0 Å². The standard InChI is InChI=1S/C22H27N5O/c1-3-27-9-6-18-20(24-14-23-18)22(27)7-10-26(11-8-22)21(28)19-13-16-12-15(2)4-5-17(16)25-19/h4-5,12-14,25H,3,6-11H2,1-2H3,(H,23,24). The minimum Gasteiger partial charge on any atom is -0.351 e. The molecule has 0 radical (unpaired) electrons. The Morgan fingerprint density at radius 3 is 2.82 bits per heavy atom. The first-order valence-corrected chi connectivity index (χ1v) is 10.3. The first kappa shape index (κ1) is 17.5. The van der Waals surface area contributed by atoms with Gasteiger partial charge in [-0.2, -0.15) is 0 Å². The monoisotopic (exact) mass is 377 g/mol. The zero-order valence-corrected chi connectivity index (χ0v) is 16.6.